The Labute approximate surface area is 143 Å². The largest absolute Gasteiger partial charge is 0.321 e. The number of benzene rings is 1. The maximum atomic E-state index is 13.1. The fraction of sp³-hybridized carbons (Fsp3) is 0.235. The zero-order valence-electron chi connectivity index (χ0n) is 13.5. The molecule has 2 aromatic heterocycles. The smallest absolute Gasteiger partial charge is 0.257 e. The first-order chi connectivity index (χ1) is 11.4. The van der Waals surface area contributed by atoms with Gasteiger partial charge in [-0.25, -0.2) is 14.1 Å². The van der Waals surface area contributed by atoms with E-state index in [-0.39, 0.29) is 17.0 Å². The molecule has 0 unspecified atom stereocenters. The van der Waals surface area contributed by atoms with Crippen molar-refractivity contribution in [2.45, 2.75) is 26.8 Å². The highest BCUT2D eigenvalue weighted by molar-refractivity contribution is 6.34. The molecule has 124 valence electrons. The third-order valence-electron chi connectivity index (χ3n) is 3.67. The van der Waals surface area contributed by atoms with E-state index in [1.165, 1.54) is 12.1 Å². The van der Waals surface area contributed by atoms with Gasteiger partial charge in [-0.3, -0.25) is 4.79 Å². The number of nitrogens with one attached hydrogen (secondary N) is 1. The van der Waals surface area contributed by atoms with Gasteiger partial charge in [0.05, 0.1) is 28.2 Å². The maximum absolute atomic E-state index is 13.1. The quantitative estimate of drug-likeness (QED) is 0.766. The Morgan fingerprint density at radius 3 is 2.75 bits per heavy atom. The zero-order valence-corrected chi connectivity index (χ0v) is 14.2. The molecule has 7 heteroatoms. The van der Waals surface area contributed by atoms with Crippen LogP contribution in [-0.4, -0.2) is 20.7 Å². The molecule has 0 atom stereocenters. The third kappa shape index (κ3) is 2.97. The van der Waals surface area contributed by atoms with E-state index in [0.717, 1.165) is 17.1 Å². The van der Waals surface area contributed by atoms with Crippen molar-refractivity contribution in [3.8, 4) is 0 Å². The molecule has 0 aliphatic carbocycles. The van der Waals surface area contributed by atoms with E-state index in [4.69, 9.17) is 11.6 Å². The number of rotatable bonds is 3. The zero-order chi connectivity index (χ0) is 17.4. The first-order valence-electron chi connectivity index (χ1n) is 7.48. The predicted molar refractivity (Wildman–Crippen MR) is 92.0 cm³/mol. The molecule has 0 saturated heterocycles. The number of hydrogen-bond donors (Lipinski definition) is 1. The number of anilines is 1. The van der Waals surface area contributed by atoms with Gasteiger partial charge < -0.3 is 5.32 Å². The number of aromatic nitrogens is 3. The summed E-state index contributed by atoms with van der Waals surface area (Å²) in [6.07, 6.45) is 1.68. The van der Waals surface area contributed by atoms with Crippen LogP contribution in [0.3, 0.4) is 0 Å². The maximum Gasteiger partial charge on any atom is 0.257 e. The van der Waals surface area contributed by atoms with E-state index in [1.807, 2.05) is 13.8 Å². The van der Waals surface area contributed by atoms with Gasteiger partial charge in [-0.2, -0.15) is 5.10 Å². The average Bonchev–Trinajstić information content (AvgIpc) is 2.92. The number of nitrogens with zero attached hydrogens (tertiary/aromatic N) is 3. The van der Waals surface area contributed by atoms with Crippen LogP contribution < -0.4 is 5.32 Å². The molecule has 0 fully saturated rings. The molecule has 1 aromatic carbocycles. The van der Waals surface area contributed by atoms with Crippen molar-refractivity contribution in [2.75, 3.05) is 5.32 Å². The summed E-state index contributed by atoms with van der Waals surface area (Å²) in [5.41, 5.74) is 2.09. The second kappa shape index (κ2) is 6.20. The summed E-state index contributed by atoms with van der Waals surface area (Å²) in [4.78, 5) is 17.0. The van der Waals surface area contributed by atoms with Crippen molar-refractivity contribution in [1.29, 1.82) is 0 Å². The summed E-state index contributed by atoms with van der Waals surface area (Å²) in [5, 5.41) is 7.91. The summed E-state index contributed by atoms with van der Waals surface area (Å²) in [5.74, 6) is -0.814. The fourth-order valence-corrected chi connectivity index (χ4v) is 2.67. The standard InChI is InChI=1S/C17H16ClFN4O/c1-9(2)23-16-11(8-20-23)6-13(10(3)21-16)17(24)22-15-5-4-12(19)7-14(15)18/h4-9H,1-3H3,(H,22,24). The molecule has 3 aromatic rings. The van der Waals surface area contributed by atoms with Crippen LogP contribution in [0.2, 0.25) is 5.02 Å². The van der Waals surface area contributed by atoms with Gasteiger partial charge in [0.1, 0.15) is 5.82 Å². The molecule has 1 amide bonds. The average molecular weight is 347 g/mol. The Balaban J connectivity index is 1.96. The van der Waals surface area contributed by atoms with Gasteiger partial charge in [-0.1, -0.05) is 11.6 Å². The summed E-state index contributed by atoms with van der Waals surface area (Å²) in [7, 11) is 0. The van der Waals surface area contributed by atoms with Crippen molar-refractivity contribution in [1.82, 2.24) is 14.8 Å². The minimum absolute atomic E-state index is 0.141. The van der Waals surface area contributed by atoms with E-state index < -0.39 is 5.82 Å². The predicted octanol–water partition coefficient (Wildman–Crippen LogP) is 4.37. The van der Waals surface area contributed by atoms with Gasteiger partial charge >= 0.3 is 0 Å². The summed E-state index contributed by atoms with van der Waals surface area (Å²) in [6, 6.07) is 5.73. The number of carbonyl (C=O) groups is 1. The minimum Gasteiger partial charge on any atom is -0.321 e. The number of hydrogen-bond acceptors (Lipinski definition) is 3. The monoisotopic (exact) mass is 346 g/mol. The Hall–Kier alpha value is -2.47. The van der Waals surface area contributed by atoms with E-state index in [0.29, 0.717) is 16.9 Å². The topological polar surface area (TPSA) is 59.8 Å². The molecule has 1 N–H and O–H groups in total. The molecule has 0 saturated carbocycles. The van der Waals surface area contributed by atoms with Crippen LogP contribution in [0.4, 0.5) is 10.1 Å². The molecule has 0 aliphatic heterocycles. The molecule has 24 heavy (non-hydrogen) atoms. The van der Waals surface area contributed by atoms with Gasteiger partial charge in [0.15, 0.2) is 5.65 Å². The van der Waals surface area contributed by atoms with Crippen molar-refractivity contribution < 1.29 is 9.18 Å². The van der Waals surface area contributed by atoms with Crippen LogP contribution >= 0.6 is 11.6 Å². The van der Waals surface area contributed by atoms with Crippen LogP contribution in [0.15, 0.2) is 30.5 Å². The Bertz CT molecular complexity index is 936. The molecular formula is C17H16ClFN4O. The van der Waals surface area contributed by atoms with E-state index in [2.05, 4.69) is 15.4 Å². The first kappa shape index (κ1) is 16.4. The molecule has 0 radical (unpaired) electrons. The Morgan fingerprint density at radius 1 is 1.33 bits per heavy atom. The molecule has 0 aliphatic rings. The minimum atomic E-state index is -0.460. The van der Waals surface area contributed by atoms with Crippen LogP contribution in [-0.2, 0) is 0 Å². The molecule has 0 spiro atoms. The van der Waals surface area contributed by atoms with Gasteiger partial charge in [-0.05, 0) is 45.0 Å². The number of pyridine rings is 1. The van der Waals surface area contributed by atoms with Crippen molar-refractivity contribution in [3.05, 3.63) is 52.6 Å². The summed E-state index contributed by atoms with van der Waals surface area (Å²) < 4.78 is 14.9. The van der Waals surface area contributed by atoms with Crippen LogP contribution in [0.1, 0.15) is 35.9 Å². The summed E-state index contributed by atoms with van der Waals surface area (Å²) >= 11 is 5.95. The lowest BCUT2D eigenvalue weighted by atomic mass is 10.1. The fourth-order valence-electron chi connectivity index (χ4n) is 2.45. The van der Waals surface area contributed by atoms with Crippen molar-refractivity contribution in [3.63, 3.8) is 0 Å². The van der Waals surface area contributed by atoms with Crippen LogP contribution in [0, 0.1) is 12.7 Å². The number of halogens is 2. The Kier molecular flexibility index (Phi) is 4.24. The highest BCUT2D eigenvalue weighted by Crippen LogP contribution is 2.24. The van der Waals surface area contributed by atoms with Gasteiger partial charge in [-0.15, -0.1) is 0 Å². The lowest BCUT2D eigenvalue weighted by Gasteiger charge is -2.10. The first-order valence-corrected chi connectivity index (χ1v) is 7.86. The van der Waals surface area contributed by atoms with E-state index in [1.54, 1.807) is 23.9 Å². The number of amides is 1. The molecule has 2 heterocycles. The van der Waals surface area contributed by atoms with Gasteiger partial charge in [0.2, 0.25) is 0 Å². The number of carbonyl (C=O) groups excluding carboxylic acids is 1. The summed E-state index contributed by atoms with van der Waals surface area (Å²) in [6.45, 7) is 5.79. The van der Waals surface area contributed by atoms with Crippen molar-refractivity contribution in [2.24, 2.45) is 0 Å². The Morgan fingerprint density at radius 2 is 2.08 bits per heavy atom. The number of fused-ring (bicyclic) bond motifs is 1. The van der Waals surface area contributed by atoms with E-state index in [9.17, 15) is 9.18 Å². The highest BCUT2D eigenvalue weighted by Gasteiger charge is 2.16. The van der Waals surface area contributed by atoms with Crippen LogP contribution in [0.5, 0.6) is 0 Å². The number of aryl methyl sites for hydroxylation is 1. The molecule has 5 nitrogen and oxygen atoms in total. The second-order valence-electron chi connectivity index (χ2n) is 5.80. The lowest BCUT2D eigenvalue weighted by Crippen LogP contribution is -2.15. The SMILES string of the molecule is Cc1nc2c(cnn2C(C)C)cc1C(=O)Nc1ccc(F)cc1Cl. The second-order valence-corrected chi connectivity index (χ2v) is 6.20. The molecule has 0 bridgehead atoms. The van der Waals surface area contributed by atoms with Gasteiger partial charge in [0, 0.05) is 11.4 Å². The van der Waals surface area contributed by atoms with Crippen molar-refractivity contribution >= 4 is 34.2 Å². The normalized spacial score (nSPS) is 11.2. The molecular weight excluding hydrogens is 331 g/mol. The lowest BCUT2D eigenvalue weighted by molar-refractivity contribution is 0.102. The highest BCUT2D eigenvalue weighted by atomic mass is 35.5. The van der Waals surface area contributed by atoms with Gasteiger partial charge in [0.25, 0.3) is 5.91 Å². The van der Waals surface area contributed by atoms with E-state index >= 15 is 0 Å². The molecule has 3 rings (SSSR count). The van der Waals surface area contributed by atoms with Crippen LogP contribution in [0.25, 0.3) is 11.0 Å². The third-order valence-corrected chi connectivity index (χ3v) is 3.99.